The van der Waals surface area contributed by atoms with E-state index in [0.29, 0.717) is 0 Å². The van der Waals surface area contributed by atoms with Gasteiger partial charge in [0, 0.05) is 30.0 Å². The van der Waals surface area contributed by atoms with Crippen LogP contribution in [0.5, 0.6) is 0 Å². The lowest BCUT2D eigenvalue weighted by atomic mass is 10.2. The van der Waals surface area contributed by atoms with E-state index in [9.17, 15) is 0 Å². The maximum Gasteiger partial charge on any atom is 0.128 e. The number of imidazole rings is 1. The molecule has 2 aromatic rings. The molecule has 0 fully saturated rings. The van der Waals surface area contributed by atoms with Gasteiger partial charge in [-0.1, -0.05) is 15.9 Å². The molecule has 88 valence electrons. The number of anilines is 2. The van der Waals surface area contributed by atoms with Crippen molar-refractivity contribution in [2.45, 2.75) is 13.1 Å². The van der Waals surface area contributed by atoms with Crippen LogP contribution in [0.1, 0.15) is 5.82 Å². The molecule has 1 aromatic heterocycles. The topological polar surface area (TPSA) is 47.1 Å². The highest BCUT2D eigenvalue weighted by atomic mass is 79.9. The standard InChI is InChI=1S/C12H13BrN4/c13-9-1-2-10(14)11(7-9)17-6-5-16-4-3-15-12(16)8-17/h1-4,7H,5-6,8,14H2. The van der Waals surface area contributed by atoms with Crippen molar-refractivity contribution >= 4 is 27.3 Å². The second-order valence-corrected chi connectivity index (χ2v) is 5.08. The monoisotopic (exact) mass is 292 g/mol. The van der Waals surface area contributed by atoms with E-state index in [1.807, 2.05) is 24.5 Å². The largest absolute Gasteiger partial charge is 0.397 e. The number of hydrogen-bond donors (Lipinski definition) is 1. The van der Waals surface area contributed by atoms with E-state index >= 15 is 0 Å². The van der Waals surface area contributed by atoms with Gasteiger partial charge in [0.05, 0.1) is 17.9 Å². The molecule has 0 aliphatic carbocycles. The van der Waals surface area contributed by atoms with Gasteiger partial charge in [0.25, 0.3) is 0 Å². The van der Waals surface area contributed by atoms with Crippen LogP contribution in [0.2, 0.25) is 0 Å². The highest BCUT2D eigenvalue weighted by Crippen LogP contribution is 2.29. The smallest absolute Gasteiger partial charge is 0.128 e. The number of hydrogen-bond acceptors (Lipinski definition) is 3. The van der Waals surface area contributed by atoms with Crippen molar-refractivity contribution in [2.24, 2.45) is 0 Å². The lowest BCUT2D eigenvalue weighted by molar-refractivity contribution is 0.560. The summed E-state index contributed by atoms with van der Waals surface area (Å²) in [5.41, 5.74) is 7.92. The summed E-state index contributed by atoms with van der Waals surface area (Å²) in [6.07, 6.45) is 3.88. The van der Waals surface area contributed by atoms with Gasteiger partial charge in [0.15, 0.2) is 0 Å². The highest BCUT2D eigenvalue weighted by molar-refractivity contribution is 9.10. The number of nitrogen functional groups attached to an aromatic ring is 1. The molecule has 2 heterocycles. The van der Waals surface area contributed by atoms with Crippen molar-refractivity contribution in [3.8, 4) is 0 Å². The Labute approximate surface area is 108 Å². The number of halogens is 1. The van der Waals surface area contributed by atoms with Crippen LogP contribution < -0.4 is 10.6 Å². The fourth-order valence-corrected chi connectivity index (χ4v) is 2.52. The molecule has 0 radical (unpaired) electrons. The van der Waals surface area contributed by atoms with E-state index in [1.165, 1.54) is 0 Å². The summed E-state index contributed by atoms with van der Waals surface area (Å²) < 4.78 is 3.24. The molecule has 0 amide bonds. The van der Waals surface area contributed by atoms with Crippen LogP contribution in [-0.2, 0) is 13.1 Å². The van der Waals surface area contributed by atoms with Gasteiger partial charge in [-0.3, -0.25) is 0 Å². The van der Waals surface area contributed by atoms with Gasteiger partial charge < -0.3 is 15.2 Å². The molecule has 1 aliphatic rings. The van der Waals surface area contributed by atoms with Gasteiger partial charge in [-0.05, 0) is 18.2 Å². The van der Waals surface area contributed by atoms with Crippen LogP contribution in [0.3, 0.4) is 0 Å². The van der Waals surface area contributed by atoms with Crippen molar-refractivity contribution in [3.63, 3.8) is 0 Å². The second kappa shape index (κ2) is 4.07. The highest BCUT2D eigenvalue weighted by Gasteiger charge is 2.18. The Balaban J connectivity index is 1.94. The molecule has 5 heteroatoms. The third kappa shape index (κ3) is 1.91. The molecule has 0 atom stereocenters. The minimum absolute atomic E-state index is 0.813. The fourth-order valence-electron chi connectivity index (χ4n) is 2.17. The zero-order chi connectivity index (χ0) is 11.8. The predicted octanol–water partition coefficient (Wildman–Crippen LogP) is 2.25. The van der Waals surface area contributed by atoms with E-state index in [-0.39, 0.29) is 0 Å². The van der Waals surface area contributed by atoms with E-state index < -0.39 is 0 Å². The number of benzene rings is 1. The number of aromatic nitrogens is 2. The van der Waals surface area contributed by atoms with Gasteiger partial charge in [-0.15, -0.1) is 0 Å². The molecule has 1 aromatic carbocycles. The van der Waals surface area contributed by atoms with Gasteiger partial charge in [-0.2, -0.15) is 0 Å². The first kappa shape index (κ1) is 10.7. The summed E-state index contributed by atoms with van der Waals surface area (Å²) in [6, 6.07) is 5.96. The van der Waals surface area contributed by atoms with Crippen LogP contribution in [0.15, 0.2) is 35.1 Å². The van der Waals surface area contributed by atoms with Gasteiger partial charge in [0.2, 0.25) is 0 Å². The number of nitrogens with two attached hydrogens (primary N) is 1. The average Bonchev–Trinajstić information content (AvgIpc) is 2.79. The molecule has 0 saturated carbocycles. The summed E-state index contributed by atoms with van der Waals surface area (Å²) >= 11 is 3.48. The van der Waals surface area contributed by atoms with E-state index in [2.05, 4.69) is 36.4 Å². The van der Waals surface area contributed by atoms with E-state index in [1.54, 1.807) is 0 Å². The average molecular weight is 293 g/mol. The lowest BCUT2D eigenvalue weighted by Crippen LogP contribution is -2.34. The first-order chi connectivity index (χ1) is 8.24. The Morgan fingerprint density at radius 2 is 2.18 bits per heavy atom. The SMILES string of the molecule is Nc1ccc(Br)cc1N1CCn2ccnc2C1. The normalized spacial score (nSPS) is 14.8. The Morgan fingerprint density at radius 1 is 1.29 bits per heavy atom. The molecular formula is C12H13BrN4. The molecule has 4 nitrogen and oxygen atoms in total. The molecule has 0 saturated heterocycles. The number of rotatable bonds is 1. The Hall–Kier alpha value is -1.49. The zero-order valence-corrected chi connectivity index (χ0v) is 10.9. The number of nitrogens with zero attached hydrogens (tertiary/aromatic N) is 3. The number of fused-ring (bicyclic) bond motifs is 1. The quantitative estimate of drug-likeness (QED) is 0.820. The Bertz CT molecular complexity index is 549. The Kier molecular flexibility index (Phi) is 2.55. The lowest BCUT2D eigenvalue weighted by Gasteiger charge is -2.30. The van der Waals surface area contributed by atoms with Crippen molar-refractivity contribution in [3.05, 3.63) is 40.9 Å². The first-order valence-corrected chi connectivity index (χ1v) is 6.33. The third-order valence-electron chi connectivity index (χ3n) is 3.08. The molecule has 0 spiro atoms. The van der Waals surface area contributed by atoms with Gasteiger partial charge in [-0.25, -0.2) is 4.98 Å². The van der Waals surface area contributed by atoms with Crippen LogP contribution >= 0.6 is 15.9 Å². The van der Waals surface area contributed by atoms with Crippen molar-refractivity contribution in [2.75, 3.05) is 17.2 Å². The zero-order valence-electron chi connectivity index (χ0n) is 9.31. The summed E-state index contributed by atoms with van der Waals surface area (Å²) in [5, 5.41) is 0. The van der Waals surface area contributed by atoms with E-state index in [0.717, 1.165) is 41.3 Å². The maximum atomic E-state index is 6.03. The molecule has 0 bridgehead atoms. The van der Waals surface area contributed by atoms with Gasteiger partial charge >= 0.3 is 0 Å². The van der Waals surface area contributed by atoms with Crippen molar-refractivity contribution in [1.82, 2.24) is 9.55 Å². The van der Waals surface area contributed by atoms with Gasteiger partial charge in [0.1, 0.15) is 5.82 Å². The summed E-state index contributed by atoms with van der Waals surface area (Å²) in [4.78, 5) is 6.62. The first-order valence-electron chi connectivity index (χ1n) is 5.54. The van der Waals surface area contributed by atoms with Crippen LogP contribution in [-0.4, -0.2) is 16.1 Å². The predicted molar refractivity (Wildman–Crippen MR) is 71.8 cm³/mol. The van der Waals surface area contributed by atoms with Crippen molar-refractivity contribution in [1.29, 1.82) is 0 Å². The Morgan fingerprint density at radius 3 is 3.06 bits per heavy atom. The molecule has 17 heavy (non-hydrogen) atoms. The maximum absolute atomic E-state index is 6.03. The van der Waals surface area contributed by atoms with E-state index in [4.69, 9.17) is 5.73 Å². The molecular weight excluding hydrogens is 280 g/mol. The summed E-state index contributed by atoms with van der Waals surface area (Å²) in [5.74, 6) is 1.09. The van der Waals surface area contributed by atoms with Crippen LogP contribution in [0.25, 0.3) is 0 Å². The minimum Gasteiger partial charge on any atom is -0.397 e. The molecule has 2 N–H and O–H groups in total. The third-order valence-corrected chi connectivity index (χ3v) is 3.57. The second-order valence-electron chi connectivity index (χ2n) is 4.16. The van der Waals surface area contributed by atoms with Crippen LogP contribution in [0.4, 0.5) is 11.4 Å². The summed E-state index contributed by atoms with van der Waals surface area (Å²) in [7, 11) is 0. The molecule has 3 rings (SSSR count). The van der Waals surface area contributed by atoms with Crippen LogP contribution in [0, 0.1) is 0 Å². The van der Waals surface area contributed by atoms with Crippen molar-refractivity contribution < 1.29 is 0 Å². The minimum atomic E-state index is 0.813. The summed E-state index contributed by atoms with van der Waals surface area (Å²) in [6.45, 7) is 2.74. The molecule has 1 aliphatic heterocycles. The fraction of sp³-hybridized carbons (Fsp3) is 0.250. The molecule has 0 unspecified atom stereocenters.